The molecule has 1 fully saturated rings. The van der Waals surface area contributed by atoms with Gasteiger partial charge in [-0.05, 0) is 48.4 Å². The summed E-state index contributed by atoms with van der Waals surface area (Å²) in [6.45, 7) is 2.60. The molecule has 3 atom stereocenters. The highest BCUT2D eigenvalue weighted by Crippen LogP contribution is 2.37. The molecule has 0 radical (unpaired) electrons. The zero-order chi connectivity index (χ0) is 31.2. The third-order valence-electron chi connectivity index (χ3n) is 6.67. The minimum atomic E-state index is -1.04. The van der Waals surface area contributed by atoms with Crippen LogP contribution in [0.1, 0.15) is 31.4 Å². The van der Waals surface area contributed by atoms with Crippen molar-refractivity contribution in [1.82, 2.24) is 19.1 Å². The molecule has 1 saturated heterocycles. The number of ether oxygens (including phenoxy) is 3. The molecule has 240 valence electrons. The summed E-state index contributed by atoms with van der Waals surface area (Å²) in [5.74, 6) is 0.0400. The van der Waals surface area contributed by atoms with E-state index in [0.29, 0.717) is 27.8 Å². The van der Waals surface area contributed by atoms with Crippen LogP contribution in [-0.2, 0) is 16.0 Å². The summed E-state index contributed by atoms with van der Waals surface area (Å²) < 4.78 is 21.3. The fourth-order valence-corrected chi connectivity index (χ4v) is 5.25. The largest absolute Gasteiger partial charge is 0.491 e. The number of halogens is 2. The van der Waals surface area contributed by atoms with Crippen LogP contribution in [0.5, 0.6) is 17.6 Å². The van der Waals surface area contributed by atoms with Gasteiger partial charge in [0.25, 0.3) is 6.01 Å². The van der Waals surface area contributed by atoms with Crippen LogP contribution in [0, 0.1) is 20.2 Å². The minimum Gasteiger partial charge on any atom is -0.491 e. The van der Waals surface area contributed by atoms with Gasteiger partial charge in [0, 0.05) is 34.5 Å². The maximum absolute atomic E-state index is 11.1. The second-order valence-electron chi connectivity index (χ2n) is 9.60. The van der Waals surface area contributed by atoms with Crippen molar-refractivity contribution in [2.45, 2.75) is 44.7 Å². The lowest BCUT2D eigenvalue weighted by Gasteiger charge is -2.25. The highest BCUT2D eigenvalue weighted by atomic mass is 35.5. The lowest BCUT2D eigenvalue weighted by atomic mass is 10.1. The smallest absolute Gasteiger partial charge is 0.302 e. The number of benzene rings is 2. The lowest BCUT2D eigenvalue weighted by Crippen LogP contribution is -2.28. The first-order chi connectivity index (χ1) is 21.2. The second kappa shape index (κ2) is 15.0. The van der Waals surface area contributed by atoms with Gasteiger partial charge in [-0.25, -0.2) is 9.82 Å². The summed E-state index contributed by atoms with van der Waals surface area (Å²) in [7, 11) is 0. The number of nitrogens with zero attached hydrogens (tertiary/aromatic N) is 6. The van der Waals surface area contributed by atoms with Gasteiger partial charge >= 0.3 is 10.2 Å². The number of hydrogen-bond acceptors (Lipinski definition) is 11. The molecule has 0 bridgehead atoms. The predicted molar refractivity (Wildman–Crippen MR) is 158 cm³/mol. The van der Waals surface area contributed by atoms with E-state index in [9.17, 15) is 20.2 Å². The summed E-state index contributed by atoms with van der Waals surface area (Å²) in [6.07, 6.45) is 5.35. The number of imidazole rings is 2. The molecule has 1 aliphatic rings. The first-order valence-electron chi connectivity index (χ1n) is 13.4. The zero-order valence-electron chi connectivity index (χ0n) is 23.7. The number of unbranched alkanes of at least 4 members (excludes halogenated alkanes) is 1. The predicted octanol–water partition coefficient (Wildman–Crippen LogP) is 4.58. The lowest BCUT2D eigenvalue weighted by molar-refractivity contribution is -0.715. The molecule has 0 aliphatic carbocycles. The molecule has 45 heavy (non-hydrogen) atoms. The molecule has 2 aromatic heterocycles. The Morgan fingerprint density at radius 1 is 1.11 bits per heavy atom. The SMILES string of the molecule is CCCCn1c(O[N+](=O)[O-])nc(O[N+](=O)[O-])c1-c1ccc(OCC2COC(C(c3ccc(Cl)cc3Cl)n3ccnc3)O2)cc1.O. The highest BCUT2D eigenvalue weighted by Gasteiger charge is 2.36. The summed E-state index contributed by atoms with van der Waals surface area (Å²) in [6, 6.07) is 10.9. The van der Waals surface area contributed by atoms with Gasteiger partial charge in [0.2, 0.25) is 5.88 Å². The van der Waals surface area contributed by atoms with E-state index in [-0.39, 0.29) is 30.9 Å². The Bertz CT molecular complexity index is 1600. The molecule has 4 aromatic rings. The topological polar surface area (TPSA) is 200 Å². The molecular formula is C27H28Cl2N6O10. The molecule has 3 unspecified atom stereocenters. The van der Waals surface area contributed by atoms with Gasteiger partial charge < -0.3 is 28.8 Å². The molecule has 0 saturated carbocycles. The molecule has 0 spiro atoms. The molecule has 2 N–H and O–H groups in total. The monoisotopic (exact) mass is 666 g/mol. The van der Waals surface area contributed by atoms with Crippen molar-refractivity contribution in [3.05, 3.63) is 97.0 Å². The van der Waals surface area contributed by atoms with E-state index in [2.05, 4.69) is 19.6 Å². The van der Waals surface area contributed by atoms with E-state index in [4.69, 9.17) is 37.4 Å². The molecule has 1 aliphatic heterocycles. The Morgan fingerprint density at radius 2 is 1.87 bits per heavy atom. The summed E-state index contributed by atoms with van der Waals surface area (Å²) >= 11 is 12.6. The van der Waals surface area contributed by atoms with Crippen LogP contribution in [0.25, 0.3) is 11.3 Å². The Balaban J connectivity index is 0.00000461. The Hall–Kier alpha value is -4.48. The maximum Gasteiger partial charge on any atom is 0.302 e. The summed E-state index contributed by atoms with van der Waals surface area (Å²) in [5.41, 5.74) is 1.35. The van der Waals surface area contributed by atoms with Gasteiger partial charge in [-0.2, -0.15) is 4.98 Å². The molecular weight excluding hydrogens is 639 g/mol. The molecule has 5 rings (SSSR count). The van der Waals surface area contributed by atoms with Crippen molar-refractivity contribution in [2.75, 3.05) is 13.2 Å². The normalized spacial score (nSPS) is 16.5. The first-order valence-corrected chi connectivity index (χ1v) is 14.2. The van der Waals surface area contributed by atoms with Crippen molar-refractivity contribution in [1.29, 1.82) is 0 Å². The van der Waals surface area contributed by atoms with Gasteiger partial charge in [-0.15, -0.1) is 20.2 Å². The van der Waals surface area contributed by atoms with E-state index >= 15 is 0 Å². The van der Waals surface area contributed by atoms with Crippen LogP contribution >= 0.6 is 23.2 Å². The Labute approximate surface area is 265 Å². The van der Waals surface area contributed by atoms with Gasteiger partial charge in [0.15, 0.2) is 6.29 Å². The standard InChI is InChI=1S/C27H26Cl2N6O9.H2O/c1-2-3-11-33-23(25(43-34(36)37)31-27(33)44-35(38)39)17-4-7-19(8-5-17)40-14-20-15-41-26(42-20)24(32-12-10-30-16-32)21-9-6-18(28)13-22(21)29;/h4-10,12-13,16,20,24,26H,2-3,11,14-15H2,1H3;1H2. The fourth-order valence-electron chi connectivity index (χ4n) is 4.73. The second-order valence-corrected chi connectivity index (χ2v) is 10.4. The van der Waals surface area contributed by atoms with Crippen LogP contribution in [-0.4, -0.2) is 60.4 Å². The molecule has 0 amide bonds. The van der Waals surface area contributed by atoms with Gasteiger partial charge in [-0.1, -0.05) is 42.6 Å². The Morgan fingerprint density at radius 3 is 2.51 bits per heavy atom. The third kappa shape index (κ3) is 7.98. The van der Waals surface area contributed by atoms with Gasteiger partial charge in [0.1, 0.15) is 30.2 Å². The maximum atomic E-state index is 11.1. The van der Waals surface area contributed by atoms with E-state index in [1.165, 1.54) is 4.57 Å². The number of hydrogen-bond donors (Lipinski definition) is 0. The third-order valence-corrected chi connectivity index (χ3v) is 7.24. The van der Waals surface area contributed by atoms with E-state index in [0.717, 1.165) is 12.0 Å². The fraction of sp³-hybridized carbons (Fsp3) is 0.333. The van der Waals surface area contributed by atoms with Crippen LogP contribution in [0.2, 0.25) is 10.0 Å². The van der Waals surface area contributed by atoms with E-state index in [1.54, 1.807) is 55.1 Å². The molecule has 3 heterocycles. The first kappa shape index (κ1) is 33.4. The minimum absolute atomic E-state index is 0. The van der Waals surface area contributed by atoms with Crippen LogP contribution in [0.3, 0.4) is 0 Å². The summed E-state index contributed by atoms with van der Waals surface area (Å²) in [5, 5.41) is 21.0. The van der Waals surface area contributed by atoms with Crippen molar-refractivity contribution in [3.8, 4) is 28.9 Å². The van der Waals surface area contributed by atoms with Crippen molar-refractivity contribution in [2.24, 2.45) is 0 Å². The molecule has 16 nitrogen and oxygen atoms in total. The Kier molecular flexibility index (Phi) is 11.1. The average Bonchev–Trinajstić information content (AvgIpc) is 3.74. The van der Waals surface area contributed by atoms with E-state index < -0.39 is 40.5 Å². The average molecular weight is 667 g/mol. The zero-order valence-corrected chi connectivity index (χ0v) is 25.2. The van der Waals surface area contributed by atoms with Crippen LogP contribution < -0.4 is 14.4 Å². The highest BCUT2D eigenvalue weighted by molar-refractivity contribution is 6.35. The molecule has 2 aromatic carbocycles. The molecule has 18 heteroatoms. The van der Waals surface area contributed by atoms with Gasteiger partial charge in [0.05, 0.1) is 12.9 Å². The van der Waals surface area contributed by atoms with Crippen LogP contribution in [0.4, 0.5) is 0 Å². The van der Waals surface area contributed by atoms with Crippen LogP contribution in [0.15, 0.2) is 61.2 Å². The number of aromatic nitrogens is 4. The van der Waals surface area contributed by atoms with Crippen molar-refractivity contribution in [3.63, 3.8) is 0 Å². The quantitative estimate of drug-likeness (QED) is 0.135. The number of rotatable bonds is 14. The van der Waals surface area contributed by atoms with Crippen molar-refractivity contribution < 1.29 is 39.5 Å². The van der Waals surface area contributed by atoms with Crippen molar-refractivity contribution >= 4 is 23.2 Å². The summed E-state index contributed by atoms with van der Waals surface area (Å²) in [4.78, 5) is 39.3. The van der Waals surface area contributed by atoms with Gasteiger partial charge in [-0.3, -0.25) is 4.84 Å². The van der Waals surface area contributed by atoms with E-state index in [1.807, 2.05) is 17.6 Å².